The number of fused-ring (bicyclic) bond motifs is 3. The molecule has 0 saturated heterocycles. The number of aryl methyl sites for hydroxylation is 2. The zero-order chi connectivity index (χ0) is 22.6. The number of nitrogens with one attached hydrogen (secondary N) is 2. The molecule has 1 heterocycles. The number of hydrogen-bond acceptors (Lipinski definition) is 3. The van der Waals surface area contributed by atoms with E-state index in [1.807, 2.05) is 42.5 Å². The number of benzene rings is 3. The Morgan fingerprint density at radius 2 is 1.82 bits per heavy atom. The first-order valence-corrected chi connectivity index (χ1v) is 11.1. The first-order valence-electron chi connectivity index (χ1n) is 11.1. The molecular formula is C27H24FN3O2. The molecular weight excluding hydrogens is 417 g/mol. The SMILES string of the molecule is O=C(N/N=C/c1ccc(OCc2ccc(F)cc2)cc1)c1ccc2[nH]c3c(c2c1)CCCC3. The Hall–Kier alpha value is -3.93. The van der Waals surface area contributed by atoms with E-state index in [4.69, 9.17) is 4.74 Å². The number of aromatic amines is 1. The lowest BCUT2D eigenvalue weighted by atomic mass is 9.95. The summed E-state index contributed by atoms with van der Waals surface area (Å²) in [6.45, 7) is 0.360. The number of carbonyl (C=O) groups excluding carboxylic acids is 1. The highest BCUT2D eigenvalue weighted by Crippen LogP contribution is 2.29. The lowest BCUT2D eigenvalue weighted by molar-refractivity contribution is 0.0955. The molecule has 1 aromatic heterocycles. The fraction of sp³-hybridized carbons (Fsp3) is 0.185. The minimum atomic E-state index is -0.265. The smallest absolute Gasteiger partial charge is 0.271 e. The van der Waals surface area contributed by atoms with Crippen molar-refractivity contribution in [1.82, 2.24) is 10.4 Å². The molecule has 0 fully saturated rings. The van der Waals surface area contributed by atoms with Gasteiger partial charge < -0.3 is 9.72 Å². The summed E-state index contributed by atoms with van der Waals surface area (Å²) in [5, 5.41) is 5.23. The van der Waals surface area contributed by atoms with Gasteiger partial charge in [0.15, 0.2) is 0 Å². The number of nitrogens with zero attached hydrogens (tertiary/aromatic N) is 1. The maximum absolute atomic E-state index is 13.0. The van der Waals surface area contributed by atoms with Gasteiger partial charge in [-0.3, -0.25) is 4.79 Å². The molecule has 4 aromatic rings. The van der Waals surface area contributed by atoms with Crippen molar-refractivity contribution in [2.24, 2.45) is 5.10 Å². The van der Waals surface area contributed by atoms with Crippen LogP contribution in [0, 0.1) is 5.82 Å². The van der Waals surface area contributed by atoms with Crippen LogP contribution < -0.4 is 10.2 Å². The van der Waals surface area contributed by atoms with E-state index >= 15 is 0 Å². The van der Waals surface area contributed by atoms with E-state index in [1.165, 1.54) is 36.2 Å². The van der Waals surface area contributed by atoms with Crippen LogP contribution in [0.25, 0.3) is 10.9 Å². The molecule has 0 atom stereocenters. The molecule has 3 aromatic carbocycles. The lowest BCUT2D eigenvalue weighted by Crippen LogP contribution is -2.17. The van der Waals surface area contributed by atoms with Gasteiger partial charge in [-0.2, -0.15) is 5.10 Å². The van der Waals surface area contributed by atoms with Crippen LogP contribution >= 0.6 is 0 Å². The summed E-state index contributed by atoms with van der Waals surface area (Å²) in [4.78, 5) is 16.1. The van der Waals surface area contributed by atoms with Crippen LogP contribution in [0.1, 0.15) is 45.6 Å². The monoisotopic (exact) mass is 441 g/mol. The number of H-pyrrole nitrogens is 1. The summed E-state index contributed by atoms with van der Waals surface area (Å²) >= 11 is 0. The molecule has 166 valence electrons. The van der Waals surface area contributed by atoms with E-state index in [9.17, 15) is 9.18 Å². The van der Waals surface area contributed by atoms with Crippen molar-refractivity contribution in [1.29, 1.82) is 0 Å². The first-order chi connectivity index (χ1) is 16.2. The highest BCUT2D eigenvalue weighted by Gasteiger charge is 2.16. The van der Waals surface area contributed by atoms with Crippen molar-refractivity contribution in [3.8, 4) is 5.75 Å². The number of hydrazone groups is 1. The number of carbonyl (C=O) groups is 1. The fourth-order valence-corrected chi connectivity index (χ4v) is 4.17. The number of rotatable bonds is 6. The summed E-state index contributed by atoms with van der Waals surface area (Å²) in [5.41, 5.74) is 8.66. The summed E-state index contributed by atoms with van der Waals surface area (Å²) in [6, 6.07) is 19.3. The summed E-state index contributed by atoms with van der Waals surface area (Å²) in [7, 11) is 0. The topological polar surface area (TPSA) is 66.5 Å². The Balaban J connectivity index is 1.18. The second-order valence-corrected chi connectivity index (χ2v) is 8.23. The van der Waals surface area contributed by atoms with Gasteiger partial charge in [0, 0.05) is 22.2 Å². The number of halogens is 1. The van der Waals surface area contributed by atoms with Crippen molar-refractivity contribution in [2.75, 3.05) is 0 Å². The Morgan fingerprint density at radius 1 is 1.03 bits per heavy atom. The molecule has 6 heteroatoms. The highest BCUT2D eigenvalue weighted by atomic mass is 19.1. The minimum Gasteiger partial charge on any atom is -0.489 e. The third kappa shape index (κ3) is 4.80. The van der Waals surface area contributed by atoms with Gasteiger partial charge in [0.05, 0.1) is 6.21 Å². The number of ether oxygens (including phenoxy) is 1. The largest absolute Gasteiger partial charge is 0.489 e. The molecule has 0 saturated carbocycles. The molecule has 0 unspecified atom stereocenters. The molecule has 33 heavy (non-hydrogen) atoms. The zero-order valence-electron chi connectivity index (χ0n) is 18.1. The quantitative estimate of drug-likeness (QED) is 0.305. The average molecular weight is 442 g/mol. The molecule has 0 radical (unpaired) electrons. The average Bonchev–Trinajstić information content (AvgIpc) is 3.22. The normalized spacial score (nSPS) is 13.2. The van der Waals surface area contributed by atoms with E-state index in [1.54, 1.807) is 18.3 Å². The van der Waals surface area contributed by atoms with Gasteiger partial charge in [0.1, 0.15) is 18.2 Å². The Morgan fingerprint density at radius 3 is 2.64 bits per heavy atom. The zero-order valence-corrected chi connectivity index (χ0v) is 18.1. The summed E-state index contributed by atoms with van der Waals surface area (Å²) in [6.07, 6.45) is 6.13. The molecule has 1 aliphatic rings. The summed E-state index contributed by atoms with van der Waals surface area (Å²) in [5.74, 6) is 0.195. The fourth-order valence-electron chi connectivity index (χ4n) is 4.17. The van der Waals surface area contributed by atoms with Gasteiger partial charge in [-0.05, 0) is 97.0 Å². The maximum atomic E-state index is 13.0. The molecule has 0 bridgehead atoms. The molecule has 1 aliphatic carbocycles. The van der Waals surface area contributed by atoms with Crippen LogP contribution in [0.2, 0.25) is 0 Å². The van der Waals surface area contributed by atoms with E-state index in [-0.39, 0.29) is 11.7 Å². The first kappa shape index (κ1) is 20.9. The molecule has 0 spiro atoms. The van der Waals surface area contributed by atoms with Gasteiger partial charge in [0.25, 0.3) is 5.91 Å². The predicted octanol–water partition coefficient (Wildman–Crippen LogP) is 5.53. The second-order valence-electron chi connectivity index (χ2n) is 8.23. The van der Waals surface area contributed by atoms with E-state index in [2.05, 4.69) is 15.5 Å². The maximum Gasteiger partial charge on any atom is 0.271 e. The number of aromatic nitrogens is 1. The Kier molecular flexibility index (Phi) is 5.89. The number of amides is 1. The van der Waals surface area contributed by atoms with Crippen LogP contribution in [0.4, 0.5) is 4.39 Å². The predicted molar refractivity (Wildman–Crippen MR) is 127 cm³/mol. The van der Waals surface area contributed by atoms with Crippen LogP contribution in [0.3, 0.4) is 0 Å². The summed E-state index contributed by atoms with van der Waals surface area (Å²) < 4.78 is 18.7. The van der Waals surface area contributed by atoms with E-state index in [0.717, 1.165) is 34.9 Å². The molecule has 2 N–H and O–H groups in total. The minimum absolute atomic E-state index is 0.238. The van der Waals surface area contributed by atoms with Crippen molar-refractivity contribution < 1.29 is 13.9 Å². The Bertz CT molecular complexity index is 1310. The standard InChI is InChI=1S/C27H24FN3O2/c28-21-10-5-19(6-11-21)17-33-22-12-7-18(8-13-22)16-29-31-27(32)20-9-14-26-24(15-20)23-3-1-2-4-25(23)30-26/h5-16,30H,1-4,17H2,(H,31,32)/b29-16+. The van der Waals surface area contributed by atoms with Crippen LogP contribution in [-0.2, 0) is 19.4 Å². The van der Waals surface area contributed by atoms with Crippen molar-refractivity contribution in [2.45, 2.75) is 32.3 Å². The van der Waals surface area contributed by atoms with E-state index < -0.39 is 0 Å². The van der Waals surface area contributed by atoms with E-state index in [0.29, 0.717) is 17.9 Å². The van der Waals surface area contributed by atoms with Gasteiger partial charge in [-0.1, -0.05) is 12.1 Å². The lowest BCUT2D eigenvalue weighted by Gasteiger charge is -2.10. The third-order valence-corrected chi connectivity index (χ3v) is 5.94. The Labute approximate surface area is 191 Å². The molecule has 1 amide bonds. The molecule has 5 rings (SSSR count). The van der Waals surface area contributed by atoms with Crippen molar-refractivity contribution in [3.63, 3.8) is 0 Å². The molecule has 0 aliphatic heterocycles. The highest BCUT2D eigenvalue weighted by molar-refractivity contribution is 5.99. The number of hydrogen-bond donors (Lipinski definition) is 2. The van der Waals surface area contributed by atoms with Gasteiger partial charge >= 0.3 is 0 Å². The van der Waals surface area contributed by atoms with Gasteiger partial charge in [-0.15, -0.1) is 0 Å². The second kappa shape index (κ2) is 9.28. The van der Waals surface area contributed by atoms with Crippen LogP contribution in [-0.4, -0.2) is 17.1 Å². The van der Waals surface area contributed by atoms with Gasteiger partial charge in [0.2, 0.25) is 0 Å². The molecule has 5 nitrogen and oxygen atoms in total. The van der Waals surface area contributed by atoms with Crippen LogP contribution in [0.15, 0.2) is 71.8 Å². The van der Waals surface area contributed by atoms with Crippen molar-refractivity contribution in [3.05, 3.63) is 100 Å². The van der Waals surface area contributed by atoms with Crippen LogP contribution in [0.5, 0.6) is 5.75 Å². The van der Waals surface area contributed by atoms with Crippen molar-refractivity contribution >= 4 is 23.0 Å². The third-order valence-electron chi connectivity index (χ3n) is 5.94. The van der Waals surface area contributed by atoms with Gasteiger partial charge in [-0.25, -0.2) is 9.82 Å².